The fourth-order valence-corrected chi connectivity index (χ4v) is 9.93. The van der Waals surface area contributed by atoms with Crippen LogP contribution in [0.2, 0.25) is 0 Å². The minimum Gasteiger partial charge on any atom is -0.203 e. The van der Waals surface area contributed by atoms with Gasteiger partial charge in [-0.1, -0.05) is 12.1 Å². The summed E-state index contributed by atoms with van der Waals surface area (Å²) in [6, 6.07) is 5.04. The van der Waals surface area contributed by atoms with Crippen LogP contribution in [0.25, 0.3) is 22.3 Å². The van der Waals surface area contributed by atoms with Gasteiger partial charge in [0.15, 0.2) is 46.5 Å². The van der Waals surface area contributed by atoms with Crippen molar-refractivity contribution in [3.05, 3.63) is 81.7 Å². The molecule has 3 aromatic rings. The van der Waals surface area contributed by atoms with E-state index >= 15 is 17.6 Å². The summed E-state index contributed by atoms with van der Waals surface area (Å²) in [4.78, 5) is 0. The fraction of sp³-hybridized carbons (Fsp3) is 0.357. The molecular formula is C28H23F9S2+2. The summed E-state index contributed by atoms with van der Waals surface area (Å²) >= 11 is 0. The summed E-state index contributed by atoms with van der Waals surface area (Å²) in [6.07, 6.45) is 4.16. The van der Waals surface area contributed by atoms with E-state index < -0.39 is 69.0 Å². The molecule has 0 radical (unpaired) electrons. The van der Waals surface area contributed by atoms with Crippen molar-refractivity contribution in [3.63, 3.8) is 0 Å². The van der Waals surface area contributed by atoms with Crippen molar-refractivity contribution in [2.45, 2.75) is 37.2 Å². The minimum atomic E-state index is -2.58. The molecule has 0 bridgehead atoms. The first-order chi connectivity index (χ1) is 18.6. The Kier molecular flexibility index (Phi) is 8.20. The largest absolute Gasteiger partial charge is 0.203 e. The fourth-order valence-electron chi connectivity index (χ4n) is 5.16. The van der Waals surface area contributed by atoms with Crippen LogP contribution in [0.15, 0.2) is 18.2 Å². The van der Waals surface area contributed by atoms with Crippen molar-refractivity contribution in [2.24, 2.45) is 0 Å². The number of benzene rings is 3. The van der Waals surface area contributed by atoms with E-state index in [0.717, 1.165) is 54.3 Å². The Balaban J connectivity index is 1.69. The molecule has 0 amide bonds. The molecule has 2 fully saturated rings. The maximum absolute atomic E-state index is 15.6. The Bertz CT molecular complexity index is 1370. The molecule has 0 aromatic heterocycles. The highest BCUT2D eigenvalue weighted by molar-refractivity contribution is 7.96. The van der Waals surface area contributed by atoms with E-state index in [4.69, 9.17) is 0 Å². The Labute approximate surface area is 225 Å². The monoisotopic (exact) mass is 594 g/mol. The van der Waals surface area contributed by atoms with E-state index in [1.54, 1.807) is 6.07 Å². The molecule has 2 heterocycles. The molecular weight excluding hydrogens is 571 g/mol. The van der Waals surface area contributed by atoms with Crippen LogP contribution in [0.4, 0.5) is 39.5 Å². The number of hydrogen-bond donors (Lipinski definition) is 0. The van der Waals surface area contributed by atoms with Crippen LogP contribution in [-0.4, -0.2) is 23.0 Å². The van der Waals surface area contributed by atoms with E-state index in [-0.39, 0.29) is 27.4 Å². The third-order valence-corrected chi connectivity index (χ3v) is 12.1. The zero-order valence-electron chi connectivity index (χ0n) is 20.5. The van der Waals surface area contributed by atoms with Crippen LogP contribution in [0.1, 0.15) is 36.8 Å². The van der Waals surface area contributed by atoms with Crippen LogP contribution in [0.3, 0.4) is 0 Å². The lowest BCUT2D eigenvalue weighted by Gasteiger charge is -2.17. The van der Waals surface area contributed by atoms with Gasteiger partial charge in [-0.15, -0.1) is 0 Å². The van der Waals surface area contributed by atoms with Crippen molar-refractivity contribution in [3.8, 4) is 22.3 Å². The first-order valence-corrected chi connectivity index (χ1v) is 15.8. The first kappa shape index (κ1) is 28.3. The molecule has 5 rings (SSSR count). The van der Waals surface area contributed by atoms with Gasteiger partial charge in [0, 0.05) is 11.1 Å². The average Bonchev–Trinajstić information content (AvgIpc) is 3.63. The summed E-state index contributed by atoms with van der Waals surface area (Å²) in [6.45, 7) is 0. The van der Waals surface area contributed by atoms with Gasteiger partial charge in [0.2, 0.25) is 5.82 Å². The molecule has 2 aliphatic heterocycles. The van der Waals surface area contributed by atoms with Crippen LogP contribution in [-0.2, 0) is 33.3 Å². The first-order valence-electron chi connectivity index (χ1n) is 12.4. The van der Waals surface area contributed by atoms with Crippen molar-refractivity contribution in [1.82, 2.24) is 0 Å². The maximum Gasteiger partial charge on any atom is 0.200 e. The highest BCUT2D eigenvalue weighted by atomic mass is 32.2. The zero-order valence-corrected chi connectivity index (χ0v) is 22.2. The average molecular weight is 595 g/mol. The summed E-state index contributed by atoms with van der Waals surface area (Å²) in [5.41, 5.74) is -4.01. The Morgan fingerprint density at radius 3 is 1.33 bits per heavy atom. The molecule has 0 atom stereocenters. The van der Waals surface area contributed by atoms with Gasteiger partial charge >= 0.3 is 0 Å². The van der Waals surface area contributed by atoms with Crippen molar-refractivity contribution in [1.29, 1.82) is 0 Å². The highest BCUT2D eigenvalue weighted by Crippen LogP contribution is 2.42. The molecule has 2 aliphatic rings. The van der Waals surface area contributed by atoms with Crippen LogP contribution in [0.5, 0.6) is 0 Å². The molecule has 0 spiro atoms. The second-order valence-electron chi connectivity index (χ2n) is 9.69. The number of halogens is 9. The van der Waals surface area contributed by atoms with Crippen LogP contribution < -0.4 is 0 Å². The van der Waals surface area contributed by atoms with Gasteiger partial charge in [-0.2, -0.15) is 0 Å². The van der Waals surface area contributed by atoms with E-state index in [2.05, 4.69) is 0 Å². The van der Waals surface area contributed by atoms with Crippen LogP contribution >= 0.6 is 0 Å². The van der Waals surface area contributed by atoms with E-state index in [1.165, 1.54) is 6.07 Å². The maximum atomic E-state index is 15.6. The highest BCUT2D eigenvalue weighted by Gasteiger charge is 2.36. The van der Waals surface area contributed by atoms with Gasteiger partial charge in [-0.3, -0.25) is 0 Å². The molecule has 208 valence electrons. The van der Waals surface area contributed by atoms with Gasteiger partial charge in [0.1, 0.15) is 34.5 Å². The summed E-state index contributed by atoms with van der Waals surface area (Å²) < 4.78 is 132. The molecule has 3 aromatic carbocycles. The van der Waals surface area contributed by atoms with Gasteiger partial charge in [-0.25, -0.2) is 39.5 Å². The molecule has 0 N–H and O–H groups in total. The van der Waals surface area contributed by atoms with E-state index in [1.807, 2.05) is 6.07 Å². The summed E-state index contributed by atoms with van der Waals surface area (Å²) in [7, 11) is -0.0256. The standard InChI is InChI=1S/C28H23F9S2/c29-20-17(21(30)23(32)18(22(20)31)19-24(33)26(35)28(37)27(36)25(19)34)16-11-14(12-38-7-1-2-8-38)5-6-15(16)13-39-9-3-4-10-39/h5-6,11H,1-4,7-10,12-13H2/q+2. The second kappa shape index (κ2) is 11.3. The molecule has 0 saturated carbocycles. The lowest BCUT2D eigenvalue weighted by atomic mass is 9.93. The van der Waals surface area contributed by atoms with Crippen LogP contribution in [0, 0.1) is 52.4 Å². The summed E-state index contributed by atoms with van der Waals surface area (Å²) in [5, 5.41) is 0. The molecule has 39 heavy (non-hydrogen) atoms. The molecule has 0 unspecified atom stereocenters. The predicted molar refractivity (Wildman–Crippen MR) is 137 cm³/mol. The molecule has 0 nitrogen and oxygen atoms in total. The molecule has 2 saturated heterocycles. The lowest BCUT2D eigenvalue weighted by Crippen LogP contribution is -2.12. The third-order valence-electron chi connectivity index (χ3n) is 7.13. The van der Waals surface area contributed by atoms with Crippen molar-refractivity contribution < 1.29 is 39.5 Å². The smallest absolute Gasteiger partial charge is 0.200 e. The number of rotatable bonds is 6. The number of hydrogen-bond acceptors (Lipinski definition) is 0. The molecule has 11 heteroatoms. The quantitative estimate of drug-likeness (QED) is 0.117. The molecule has 0 aliphatic carbocycles. The van der Waals surface area contributed by atoms with Gasteiger partial charge < -0.3 is 0 Å². The normalized spacial score (nSPS) is 16.5. The Hall–Kier alpha value is -2.27. The zero-order chi connectivity index (χ0) is 28.0. The predicted octanol–water partition coefficient (Wildman–Crippen LogP) is 8.10. The van der Waals surface area contributed by atoms with Crippen molar-refractivity contribution >= 4 is 21.8 Å². The van der Waals surface area contributed by atoms with Gasteiger partial charge in [0.05, 0.1) is 16.7 Å². The topological polar surface area (TPSA) is 0 Å². The van der Waals surface area contributed by atoms with E-state index in [9.17, 15) is 22.0 Å². The summed E-state index contributed by atoms with van der Waals surface area (Å²) in [5.74, 6) is -16.2. The van der Waals surface area contributed by atoms with Crippen molar-refractivity contribution in [2.75, 3.05) is 23.0 Å². The lowest BCUT2D eigenvalue weighted by molar-refractivity contribution is 0.379. The van der Waals surface area contributed by atoms with Gasteiger partial charge in [0.25, 0.3) is 0 Å². The minimum absolute atomic E-state index is 0.0677. The Morgan fingerprint density at radius 1 is 0.462 bits per heavy atom. The Morgan fingerprint density at radius 2 is 0.846 bits per heavy atom. The van der Waals surface area contributed by atoms with E-state index in [0.29, 0.717) is 17.1 Å². The SMILES string of the molecule is Fc1c(F)c(F)c(-c2c(F)c(F)c(-c3cc(C[S+]4CCCC4)ccc3C[S+]3CCCC3)c(F)c2F)c(F)c1F. The van der Waals surface area contributed by atoms with Gasteiger partial charge in [-0.05, 0) is 59.1 Å². The third kappa shape index (κ3) is 5.16. The second-order valence-corrected chi connectivity index (χ2v) is 14.3.